The standard InChI is InChI=1S/C24H19FN2O4/c25-20-9-5-4-6-16(20)12-13-26-22(28)15-30-24(29)18-10-11-21-19(14-18)23(31-27-21)17-7-2-1-3-8-17/h1-11,14H,12-13,15H2,(H,26,28). The van der Waals surface area contributed by atoms with Crippen molar-refractivity contribution in [3.05, 3.63) is 89.7 Å². The first-order valence-electron chi connectivity index (χ1n) is 9.74. The lowest BCUT2D eigenvalue weighted by Gasteiger charge is -2.07. The Morgan fingerprint density at radius 2 is 1.77 bits per heavy atom. The van der Waals surface area contributed by atoms with Crippen molar-refractivity contribution < 1.29 is 23.2 Å². The number of hydrogen-bond acceptors (Lipinski definition) is 5. The summed E-state index contributed by atoms with van der Waals surface area (Å²) in [6.45, 7) is -0.187. The topological polar surface area (TPSA) is 81.4 Å². The highest BCUT2D eigenvalue weighted by atomic mass is 19.1. The van der Waals surface area contributed by atoms with Gasteiger partial charge in [0.15, 0.2) is 12.4 Å². The van der Waals surface area contributed by atoms with Gasteiger partial charge in [0.25, 0.3) is 5.91 Å². The second-order valence-corrected chi connectivity index (χ2v) is 6.88. The van der Waals surface area contributed by atoms with Crippen molar-refractivity contribution in [2.24, 2.45) is 0 Å². The van der Waals surface area contributed by atoms with E-state index < -0.39 is 18.5 Å². The smallest absolute Gasteiger partial charge is 0.338 e. The van der Waals surface area contributed by atoms with Crippen LogP contribution in [0.5, 0.6) is 0 Å². The largest absolute Gasteiger partial charge is 0.452 e. The van der Waals surface area contributed by atoms with Crippen molar-refractivity contribution in [2.45, 2.75) is 6.42 Å². The van der Waals surface area contributed by atoms with Crippen LogP contribution in [-0.4, -0.2) is 30.2 Å². The summed E-state index contributed by atoms with van der Waals surface area (Å²) in [6, 6.07) is 20.7. The van der Waals surface area contributed by atoms with Gasteiger partial charge in [-0.05, 0) is 36.2 Å². The molecule has 0 aliphatic heterocycles. The molecule has 31 heavy (non-hydrogen) atoms. The summed E-state index contributed by atoms with van der Waals surface area (Å²) in [5.41, 5.74) is 2.24. The molecule has 1 amide bonds. The van der Waals surface area contributed by atoms with E-state index in [2.05, 4.69) is 10.5 Å². The number of halogens is 1. The van der Waals surface area contributed by atoms with Gasteiger partial charge in [0, 0.05) is 12.1 Å². The molecular formula is C24H19FN2O4. The molecule has 156 valence electrons. The molecule has 1 N–H and O–H groups in total. The first-order valence-corrected chi connectivity index (χ1v) is 9.74. The molecule has 0 atom stereocenters. The van der Waals surface area contributed by atoms with Crippen molar-refractivity contribution in [1.29, 1.82) is 0 Å². The van der Waals surface area contributed by atoms with Crippen LogP contribution in [0.15, 0.2) is 77.3 Å². The first-order chi connectivity index (χ1) is 15.1. The molecule has 0 unspecified atom stereocenters. The minimum absolute atomic E-state index is 0.240. The van der Waals surface area contributed by atoms with Crippen LogP contribution in [0.3, 0.4) is 0 Å². The van der Waals surface area contributed by atoms with Crippen LogP contribution in [0.25, 0.3) is 22.2 Å². The van der Waals surface area contributed by atoms with Crippen molar-refractivity contribution in [1.82, 2.24) is 10.5 Å². The molecule has 0 fully saturated rings. The van der Waals surface area contributed by atoms with Gasteiger partial charge in [0.1, 0.15) is 11.3 Å². The number of nitrogens with zero attached hydrogens (tertiary/aromatic N) is 1. The maximum Gasteiger partial charge on any atom is 0.338 e. The molecule has 0 aliphatic rings. The number of rotatable bonds is 7. The second-order valence-electron chi connectivity index (χ2n) is 6.88. The first kappa shape index (κ1) is 20.3. The average Bonchev–Trinajstić information content (AvgIpc) is 3.22. The Hall–Kier alpha value is -4.00. The quantitative estimate of drug-likeness (QED) is 0.456. The monoisotopic (exact) mass is 418 g/mol. The van der Waals surface area contributed by atoms with Crippen LogP contribution in [0, 0.1) is 5.82 Å². The molecule has 0 bridgehead atoms. The van der Waals surface area contributed by atoms with E-state index in [4.69, 9.17) is 9.26 Å². The third kappa shape index (κ3) is 4.78. The molecule has 4 aromatic rings. The minimum Gasteiger partial charge on any atom is -0.452 e. The number of carbonyl (C=O) groups excluding carboxylic acids is 2. The predicted octanol–water partition coefficient (Wildman–Crippen LogP) is 4.15. The fourth-order valence-corrected chi connectivity index (χ4v) is 3.17. The lowest BCUT2D eigenvalue weighted by atomic mass is 10.1. The molecule has 0 aliphatic carbocycles. The molecule has 0 saturated heterocycles. The van der Waals surface area contributed by atoms with Gasteiger partial charge in [-0.1, -0.05) is 53.7 Å². The zero-order valence-corrected chi connectivity index (χ0v) is 16.5. The SMILES string of the molecule is O=C(COC(=O)c1ccc2noc(-c3ccccc3)c2c1)NCCc1ccccc1F. The number of esters is 1. The molecule has 4 rings (SSSR count). The molecule has 1 aromatic heterocycles. The second kappa shape index (κ2) is 9.21. The van der Waals surface area contributed by atoms with Crippen molar-refractivity contribution >= 4 is 22.8 Å². The number of amides is 1. The summed E-state index contributed by atoms with van der Waals surface area (Å²) in [5.74, 6) is -0.856. The van der Waals surface area contributed by atoms with Gasteiger partial charge >= 0.3 is 5.97 Å². The van der Waals surface area contributed by atoms with E-state index in [0.29, 0.717) is 28.6 Å². The fraction of sp³-hybridized carbons (Fsp3) is 0.125. The lowest BCUT2D eigenvalue weighted by molar-refractivity contribution is -0.124. The highest BCUT2D eigenvalue weighted by Gasteiger charge is 2.15. The summed E-state index contributed by atoms with van der Waals surface area (Å²) in [7, 11) is 0. The molecule has 0 spiro atoms. The molecule has 7 heteroatoms. The number of benzene rings is 3. The van der Waals surface area contributed by atoms with E-state index in [1.54, 1.807) is 36.4 Å². The van der Waals surface area contributed by atoms with Gasteiger partial charge in [0.05, 0.1) is 10.9 Å². The highest BCUT2D eigenvalue weighted by Crippen LogP contribution is 2.29. The molecule has 1 heterocycles. The van der Waals surface area contributed by atoms with Gasteiger partial charge in [-0.25, -0.2) is 9.18 Å². The number of hydrogen-bond donors (Lipinski definition) is 1. The third-order valence-corrected chi connectivity index (χ3v) is 4.76. The van der Waals surface area contributed by atoms with Crippen LogP contribution in [0.2, 0.25) is 0 Å². The molecule has 3 aromatic carbocycles. The Balaban J connectivity index is 1.35. The Labute approximate surface area is 177 Å². The Kier molecular flexibility index (Phi) is 6.03. The van der Waals surface area contributed by atoms with Crippen molar-refractivity contribution in [3.63, 3.8) is 0 Å². The summed E-state index contributed by atoms with van der Waals surface area (Å²) in [5, 5.41) is 7.31. The number of ether oxygens (including phenoxy) is 1. The maximum atomic E-state index is 13.6. The Bertz CT molecular complexity index is 1220. The summed E-state index contributed by atoms with van der Waals surface area (Å²) < 4.78 is 24.1. The third-order valence-electron chi connectivity index (χ3n) is 4.76. The zero-order chi connectivity index (χ0) is 21.6. The number of nitrogens with one attached hydrogen (secondary N) is 1. The summed E-state index contributed by atoms with van der Waals surface area (Å²) in [4.78, 5) is 24.4. The van der Waals surface area contributed by atoms with Gasteiger partial charge in [-0.15, -0.1) is 0 Å². The zero-order valence-electron chi connectivity index (χ0n) is 16.5. The van der Waals surface area contributed by atoms with Gasteiger partial charge in [0.2, 0.25) is 0 Å². The van der Waals surface area contributed by atoms with E-state index in [9.17, 15) is 14.0 Å². The van der Waals surface area contributed by atoms with Crippen LogP contribution >= 0.6 is 0 Å². The van der Waals surface area contributed by atoms with Gasteiger partial charge < -0.3 is 14.6 Å². The molecule has 0 radical (unpaired) electrons. The summed E-state index contributed by atoms with van der Waals surface area (Å²) in [6.07, 6.45) is 0.346. The molecule has 6 nitrogen and oxygen atoms in total. The highest BCUT2D eigenvalue weighted by molar-refractivity contribution is 5.99. The lowest BCUT2D eigenvalue weighted by Crippen LogP contribution is -2.30. The van der Waals surface area contributed by atoms with E-state index in [1.165, 1.54) is 6.07 Å². The van der Waals surface area contributed by atoms with E-state index in [-0.39, 0.29) is 17.9 Å². The molecule has 0 saturated carbocycles. The molecular weight excluding hydrogens is 399 g/mol. The normalized spacial score (nSPS) is 10.7. The van der Waals surface area contributed by atoms with Crippen molar-refractivity contribution in [3.8, 4) is 11.3 Å². The number of fused-ring (bicyclic) bond motifs is 1. The van der Waals surface area contributed by atoms with Gasteiger partial charge in [-0.3, -0.25) is 4.79 Å². The van der Waals surface area contributed by atoms with Crippen LogP contribution < -0.4 is 5.32 Å². The van der Waals surface area contributed by atoms with Crippen LogP contribution in [0.1, 0.15) is 15.9 Å². The number of aromatic nitrogens is 1. The predicted molar refractivity (Wildman–Crippen MR) is 113 cm³/mol. The Morgan fingerprint density at radius 1 is 1.00 bits per heavy atom. The van der Waals surface area contributed by atoms with Crippen molar-refractivity contribution in [2.75, 3.05) is 13.2 Å². The average molecular weight is 418 g/mol. The van der Waals surface area contributed by atoms with Crippen LogP contribution in [0.4, 0.5) is 4.39 Å². The van der Waals surface area contributed by atoms with Crippen LogP contribution in [-0.2, 0) is 16.0 Å². The fourth-order valence-electron chi connectivity index (χ4n) is 3.17. The van der Waals surface area contributed by atoms with E-state index in [1.807, 2.05) is 30.3 Å². The minimum atomic E-state index is -0.633. The van der Waals surface area contributed by atoms with E-state index in [0.717, 1.165) is 5.56 Å². The number of carbonyl (C=O) groups is 2. The van der Waals surface area contributed by atoms with Gasteiger partial charge in [-0.2, -0.15) is 0 Å². The maximum absolute atomic E-state index is 13.6. The van der Waals surface area contributed by atoms with E-state index >= 15 is 0 Å². The Morgan fingerprint density at radius 3 is 2.58 bits per heavy atom. The summed E-state index contributed by atoms with van der Waals surface area (Å²) >= 11 is 0.